The molecule has 1 aromatic carbocycles. The Morgan fingerprint density at radius 3 is 2.30 bits per heavy atom. The van der Waals surface area contributed by atoms with Gasteiger partial charge in [0.2, 0.25) is 8.32 Å². The van der Waals surface area contributed by atoms with Crippen LogP contribution in [-0.4, -0.2) is 29.8 Å². The lowest BCUT2D eigenvalue weighted by molar-refractivity contribution is -0.0141. The highest BCUT2D eigenvalue weighted by Crippen LogP contribution is 2.62. The van der Waals surface area contributed by atoms with Crippen LogP contribution in [0.3, 0.4) is 0 Å². The average Bonchev–Trinajstić information content (AvgIpc) is 2.95. The van der Waals surface area contributed by atoms with Crippen molar-refractivity contribution in [2.24, 2.45) is 17.3 Å². The lowest BCUT2D eigenvalue weighted by Gasteiger charge is -2.51. The van der Waals surface area contributed by atoms with Crippen LogP contribution in [0.25, 0.3) is 0 Å². The van der Waals surface area contributed by atoms with Gasteiger partial charge in [0, 0.05) is 5.56 Å². The normalized spacial score (nSPS) is 33.5. The molecular formula is C25H42O3Si2. The number of hydrogen-bond acceptors (Lipinski definition) is 3. The van der Waals surface area contributed by atoms with Crippen molar-refractivity contribution in [3.8, 4) is 11.5 Å². The topological polar surface area (TPSA) is 27.7 Å². The largest absolute Gasteiger partial charge is 0.542 e. The minimum absolute atomic E-state index is 0.364. The zero-order valence-electron chi connectivity index (χ0n) is 20.4. The predicted molar refractivity (Wildman–Crippen MR) is 130 cm³/mol. The molecule has 5 atom stereocenters. The first-order valence-electron chi connectivity index (χ1n) is 12.0. The highest BCUT2D eigenvalue weighted by Gasteiger charge is 2.56. The minimum Gasteiger partial charge on any atom is -0.542 e. The second-order valence-corrected chi connectivity index (χ2v) is 21.0. The molecule has 0 N–H and O–H groups in total. The minimum atomic E-state index is -1.71. The van der Waals surface area contributed by atoms with Gasteiger partial charge in [-0.3, -0.25) is 0 Å². The van der Waals surface area contributed by atoms with E-state index in [0.29, 0.717) is 17.4 Å². The van der Waals surface area contributed by atoms with E-state index in [1.165, 1.54) is 37.7 Å². The smallest absolute Gasteiger partial charge is 0.242 e. The number of hydrogen-bond donors (Lipinski definition) is 0. The summed E-state index contributed by atoms with van der Waals surface area (Å²) in [5.74, 6) is 4.23. The molecule has 30 heavy (non-hydrogen) atoms. The first-order chi connectivity index (χ1) is 13.9. The van der Waals surface area contributed by atoms with Crippen LogP contribution in [0.5, 0.6) is 11.5 Å². The van der Waals surface area contributed by atoms with Gasteiger partial charge in [-0.15, -0.1) is 0 Å². The molecule has 3 nitrogen and oxygen atoms in total. The van der Waals surface area contributed by atoms with Crippen LogP contribution in [0.1, 0.15) is 56.1 Å². The molecule has 0 saturated heterocycles. The molecule has 0 aliphatic heterocycles. The molecule has 0 bridgehead atoms. The van der Waals surface area contributed by atoms with Gasteiger partial charge in [-0.25, -0.2) is 0 Å². The van der Waals surface area contributed by atoms with Crippen molar-refractivity contribution < 1.29 is 13.6 Å². The first kappa shape index (κ1) is 22.4. The molecule has 3 aliphatic rings. The molecule has 3 aliphatic carbocycles. The molecule has 0 aromatic heterocycles. The Morgan fingerprint density at radius 2 is 1.67 bits per heavy atom. The van der Waals surface area contributed by atoms with Crippen molar-refractivity contribution in [2.45, 2.75) is 96.8 Å². The van der Waals surface area contributed by atoms with E-state index in [4.69, 9.17) is 13.6 Å². The molecule has 5 heteroatoms. The zero-order chi connectivity index (χ0) is 21.9. The molecule has 2 saturated carbocycles. The molecule has 0 heterocycles. The maximum absolute atomic E-state index is 6.73. The van der Waals surface area contributed by atoms with Crippen molar-refractivity contribution in [2.75, 3.05) is 7.11 Å². The maximum atomic E-state index is 6.73. The molecule has 0 radical (unpaired) electrons. The third-order valence-electron chi connectivity index (χ3n) is 7.86. The van der Waals surface area contributed by atoms with Crippen molar-refractivity contribution in [3.63, 3.8) is 0 Å². The van der Waals surface area contributed by atoms with Crippen LogP contribution in [-0.2, 0) is 10.8 Å². The summed E-state index contributed by atoms with van der Waals surface area (Å²) >= 11 is 0. The van der Waals surface area contributed by atoms with E-state index in [-0.39, 0.29) is 0 Å². The average molecular weight is 447 g/mol. The van der Waals surface area contributed by atoms with Gasteiger partial charge in [-0.05, 0) is 113 Å². The fraction of sp³-hybridized carbons (Fsp3) is 0.760. The van der Waals surface area contributed by atoms with Gasteiger partial charge in [0.25, 0.3) is 0 Å². The molecule has 1 aromatic rings. The van der Waals surface area contributed by atoms with Crippen molar-refractivity contribution in [3.05, 3.63) is 23.3 Å². The monoisotopic (exact) mass is 446 g/mol. The van der Waals surface area contributed by atoms with Crippen LogP contribution in [0.15, 0.2) is 12.1 Å². The summed E-state index contributed by atoms with van der Waals surface area (Å²) in [5, 5.41) is 0. The van der Waals surface area contributed by atoms with Gasteiger partial charge in [0.15, 0.2) is 14.1 Å². The van der Waals surface area contributed by atoms with E-state index in [9.17, 15) is 0 Å². The summed E-state index contributed by atoms with van der Waals surface area (Å²) in [5.41, 5.74) is 3.36. The Balaban J connectivity index is 1.65. The number of benzene rings is 1. The van der Waals surface area contributed by atoms with Gasteiger partial charge in [-0.2, -0.15) is 0 Å². The summed E-state index contributed by atoms with van der Waals surface area (Å²) in [4.78, 5) is 0. The van der Waals surface area contributed by atoms with Gasteiger partial charge < -0.3 is 13.6 Å². The van der Waals surface area contributed by atoms with Crippen LogP contribution in [0.4, 0.5) is 0 Å². The molecular weight excluding hydrogens is 404 g/mol. The zero-order valence-corrected chi connectivity index (χ0v) is 22.4. The molecule has 0 spiro atoms. The summed E-state index contributed by atoms with van der Waals surface area (Å²) in [7, 11) is -1.45. The second-order valence-electron chi connectivity index (χ2n) is 12.1. The maximum Gasteiger partial charge on any atom is 0.242 e. The molecule has 0 amide bonds. The molecule has 0 unspecified atom stereocenters. The number of rotatable bonds is 5. The van der Waals surface area contributed by atoms with Crippen LogP contribution in [0.2, 0.25) is 39.3 Å². The van der Waals surface area contributed by atoms with Gasteiger partial charge in [0.05, 0.1) is 13.2 Å². The number of fused-ring (bicyclic) bond motifs is 5. The van der Waals surface area contributed by atoms with E-state index >= 15 is 0 Å². The third kappa shape index (κ3) is 4.02. The Labute approximate surface area is 186 Å². The van der Waals surface area contributed by atoms with E-state index in [2.05, 4.69) is 58.3 Å². The van der Waals surface area contributed by atoms with Gasteiger partial charge in [-0.1, -0.05) is 13.0 Å². The van der Waals surface area contributed by atoms with Crippen LogP contribution < -0.4 is 9.16 Å². The Hall–Kier alpha value is -0.786. The molecule has 2 fully saturated rings. The summed E-state index contributed by atoms with van der Waals surface area (Å²) in [6.45, 7) is 16.4. The predicted octanol–water partition coefficient (Wildman–Crippen LogP) is 6.99. The van der Waals surface area contributed by atoms with Crippen molar-refractivity contribution in [1.82, 2.24) is 0 Å². The lowest BCUT2D eigenvalue weighted by Crippen LogP contribution is -2.47. The van der Waals surface area contributed by atoms with E-state index in [1.807, 2.05) is 0 Å². The fourth-order valence-electron chi connectivity index (χ4n) is 6.77. The fourth-order valence-corrected chi connectivity index (χ4v) is 8.84. The first-order valence-corrected chi connectivity index (χ1v) is 18.8. The molecule has 168 valence electrons. The second kappa shape index (κ2) is 7.66. The third-order valence-corrected chi connectivity index (χ3v) is 9.67. The highest BCUT2D eigenvalue weighted by atomic mass is 28.4. The summed E-state index contributed by atoms with van der Waals surface area (Å²) < 4.78 is 19.0. The van der Waals surface area contributed by atoms with E-state index in [1.54, 1.807) is 12.7 Å². The van der Waals surface area contributed by atoms with Crippen LogP contribution in [0, 0.1) is 17.3 Å². The SMILES string of the molecule is COc1ccc2c(c1O[Si](C)(C)C)CC[C@@H]1[C@@H]2CC[C@]2(C)[C@@H](O[Si](C)(C)C)CC[C@@H]12. The van der Waals surface area contributed by atoms with Gasteiger partial charge in [0.1, 0.15) is 5.75 Å². The Morgan fingerprint density at radius 1 is 0.933 bits per heavy atom. The van der Waals surface area contributed by atoms with E-state index in [0.717, 1.165) is 29.8 Å². The highest BCUT2D eigenvalue weighted by molar-refractivity contribution is 6.70. The number of methoxy groups -OCH3 is 1. The van der Waals surface area contributed by atoms with Crippen molar-refractivity contribution >= 4 is 16.6 Å². The van der Waals surface area contributed by atoms with Crippen LogP contribution >= 0.6 is 0 Å². The van der Waals surface area contributed by atoms with Crippen molar-refractivity contribution in [1.29, 1.82) is 0 Å². The standard InChI is InChI=1S/C25H42O3Si2/c1-25-16-15-18-17-11-13-22(26-2)24(28-30(6,7)8)20(17)10-9-19(18)21(25)12-14-23(25)27-29(3,4)5/h11,13,18-19,21,23H,9-10,12,14-16H2,1-8H3/t18-,19-,21+,23+,25+/m1/s1. The Kier molecular flexibility index (Phi) is 5.72. The summed E-state index contributed by atoms with van der Waals surface area (Å²) in [6, 6.07) is 4.52. The quantitative estimate of drug-likeness (QED) is 0.456. The Bertz CT molecular complexity index is 795. The van der Waals surface area contributed by atoms with Gasteiger partial charge >= 0.3 is 0 Å². The molecule has 4 rings (SSSR count). The lowest BCUT2D eigenvalue weighted by atomic mass is 9.55. The number of ether oxygens (including phenoxy) is 1. The van der Waals surface area contributed by atoms with E-state index < -0.39 is 16.6 Å². The summed E-state index contributed by atoms with van der Waals surface area (Å²) in [6.07, 6.45) is 8.06.